The average Bonchev–Trinajstić information content (AvgIpc) is 2.86. The highest BCUT2D eigenvalue weighted by molar-refractivity contribution is 6.44. The number of halogens is 2. The predicted molar refractivity (Wildman–Crippen MR) is 150 cm³/mol. The second-order valence-corrected chi connectivity index (χ2v) is 10.4. The van der Waals surface area contributed by atoms with Crippen molar-refractivity contribution in [1.29, 1.82) is 0 Å². The molecule has 0 aliphatic rings. The first-order chi connectivity index (χ1) is 18.0. The van der Waals surface area contributed by atoms with Crippen molar-refractivity contribution in [2.45, 2.75) is 45.4 Å². The van der Waals surface area contributed by atoms with Gasteiger partial charge in [-0.1, -0.05) is 62.2 Å². The minimum atomic E-state index is -0.581. The number of ether oxygens (including phenoxy) is 2. The number of esters is 1. The van der Waals surface area contributed by atoms with Crippen molar-refractivity contribution < 1.29 is 23.9 Å². The van der Waals surface area contributed by atoms with Crippen molar-refractivity contribution in [1.82, 2.24) is 0 Å². The van der Waals surface area contributed by atoms with E-state index in [0.717, 1.165) is 5.75 Å². The number of carbonyl (C=O) groups is 3. The van der Waals surface area contributed by atoms with Crippen molar-refractivity contribution in [2.75, 3.05) is 17.2 Å². The third kappa shape index (κ3) is 9.08. The Bertz CT molecular complexity index is 1270. The fraction of sp³-hybridized carbons (Fsp3) is 0.276. The Morgan fingerprint density at radius 2 is 1.42 bits per heavy atom. The van der Waals surface area contributed by atoms with Gasteiger partial charge in [0.15, 0.2) is 6.61 Å². The summed E-state index contributed by atoms with van der Waals surface area (Å²) in [6, 6.07) is 19.8. The molecule has 0 atom stereocenters. The minimum Gasteiger partial charge on any atom is -0.457 e. The molecule has 0 heterocycles. The van der Waals surface area contributed by atoms with Crippen LogP contribution in [-0.4, -0.2) is 24.4 Å². The van der Waals surface area contributed by atoms with Gasteiger partial charge in [0.2, 0.25) is 5.91 Å². The number of hydrogen-bond donors (Lipinski definition) is 2. The highest BCUT2D eigenvalue weighted by Crippen LogP contribution is 2.30. The first-order valence-electron chi connectivity index (χ1n) is 12.1. The topological polar surface area (TPSA) is 93.7 Å². The second-order valence-electron chi connectivity index (χ2n) is 9.61. The van der Waals surface area contributed by atoms with Gasteiger partial charge in [-0.3, -0.25) is 14.4 Å². The van der Waals surface area contributed by atoms with E-state index in [1.807, 2.05) is 24.3 Å². The molecule has 0 fully saturated rings. The maximum atomic E-state index is 12.2. The standard InChI is InChI=1S/C29H30Cl2N2O5/c1-29(2,3)19-10-14-21(15-11-19)38-22-16-12-20(13-17-22)32-25(34)8-5-9-27(36)37-18-26(35)33-24-7-4-6-23(30)28(24)31/h4,6-7,10-17H,5,8-9,18H2,1-3H3,(H,32,34)(H,33,35). The molecule has 3 aromatic rings. The lowest BCUT2D eigenvalue weighted by Gasteiger charge is -2.19. The Balaban J connectivity index is 1.35. The molecule has 0 saturated heterocycles. The molecular weight excluding hydrogens is 527 g/mol. The van der Waals surface area contributed by atoms with Crippen LogP contribution in [0.2, 0.25) is 10.0 Å². The summed E-state index contributed by atoms with van der Waals surface area (Å²) in [6.07, 6.45) is 0.398. The van der Waals surface area contributed by atoms with Crippen LogP contribution >= 0.6 is 23.2 Å². The molecule has 0 aliphatic carbocycles. The third-order valence-corrected chi connectivity index (χ3v) is 6.29. The number of carbonyl (C=O) groups excluding carboxylic acids is 3. The maximum absolute atomic E-state index is 12.2. The van der Waals surface area contributed by atoms with Gasteiger partial charge in [-0.25, -0.2) is 0 Å². The summed E-state index contributed by atoms with van der Waals surface area (Å²) in [5, 5.41) is 5.81. The van der Waals surface area contributed by atoms with E-state index in [1.165, 1.54) is 5.56 Å². The lowest BCUT2D eigenvalue weighted by atomic mass is 9.87. The molecule has 7 nitrogen and oxygen atoms in total. The van der Waals surface area contributed by atoms with Gasteiger partial charge < -0.3 is 20.1 Å². The summed E-state index contributed by atoms with van der Waals surface area (Å²) < 4.78 is 10.8. The zero-order valence-electron chi connectivity index (χ0n) is 21.5. The molecule has 0 aliphatic heterocycles. The Hall–Kier alpha value is -3.55. The summed E-state index contributed by atoms with van der Waals surface area (Å²) >= 11 is 11.9. The van der Waals surface area contributed by atoms with Crippen molar-refractivity contribution in [2.24, 2.45) is 0 Å². The van der Waals surface area contributed by atoms with Crippen LogP contribution in [0.15, 0.2) is 66.7 Å². The maximum Gasteiger partial charge on any atom is 0.306 e. The Labute approximate surface area is 232 Å². The molecule has 3 rings (SSSR count). The molecule has 38 heavy (non-hydrogen) atoms. The fourth-order valence-corrected chi connectivity index (χ4v) is 3.73. The van der Waals surface area contributed by atoms with Gasteiger partial charge in [-0.2, -0.15) is 0 Å². The molecule has 0 radical (unpaired) electrons. The fourth-order valence-electron chi connectivity index (χ4n) is 3.39. The van der Waals surface area contributed by atoms with Gasteiger partial charge in [0, 0.05) is 18.5 Å². The average molecular weight is 557 g/mol. The van der Waals surface area contributed by atoms with Crippen LogP contribution in [0.3, 0.4) is 0 Å². The van der Waals surface area contributed by atoms with Crippen LogP contribution < -0.4 is 15.4 Å². The summed E-state index contributed by atoms with van der Waals surface area (Å²) in [7, 11) is 0. The monoisotopic (exact) mass is 556 g/mol. The largest absolute Gasteiger partial charge is 0.457 e. The number of anilines is 2. The van der Waals surface area contributed by atoms with Crippen molar-refractivity contribution >= 4 is 52.4 Å². The van der Waals surface area contributed by atoms with E-state index in [4.69, 9.17) is 32.7 Å². The minimum absolute atomic E-state index is 0.000592. The molecule has 3 aromatic carbocycles. The number of hydrogen-bond acceptors (Lipinski definition) is 5. The van der Waals surface area contributed by atoms with E-state index in [0.29, 0.717) is 22.1 Å². The molecule has 0 aromatic heterocycles. The summed E-state index contributed by atoms with van der Waals surface area (Å²) in [6.45, 7) is 6.00. The number of nitrogens with one attached hydrogen (secondary N) is 2. The molecule has 2 amide bonds. The molecule has 200 valence electrons. The Kier molecular flexibility index (Phi) is 10.2. The van der Waals surface area contributed by atoms with Crippen molar-refractivity contribution in [3.05, 3.63) is 82.3 Å². The molecule has 2 N–H and O–H groups in total. The molecule has 9 heteroatoms. The van der Waals surface area contributed by atoms with Gasteiger partial charge in [-0.15, -0.1) is 0 Å². The van der Waals surface area contributed by atoms with Crippen LogP contribution in [-0.2, 0) is 24.5 Å². The Morgan fingerprint density at radius 1 is 0.789 bits per heavy atom. The van der Waals surface area contributed by atoms with Crippen molar-refractivity contribution in [3.63, 3.8) is 0 Å². The number of amides is 2. The smallest absolute Gasteiger partial charge is 0.306 e. The van der Waals surface area contributed by atoms with Crippen molar-refractivity contribution in [3.8, 4) is 11.5 Å². The molecule has 0 unspecified atom stereocenters. The van der Waals surface area contributed by atoms with E-state index in [-0.39, 0.29) is 35.6 Å². The lowest BCUT2D eigenvalue weighted by Crippen LogP contribution is -2.21. The summed E-state index contributed by atoms with van der Waals surface area (Å²) in [5.74, 6) is 0.0118. The van der Waals surface area contributed by atoms with Gasteiger partial charge in [0.25, 0.3) is 5.91 Å². The molecular formula is C29H30Cl2N2O5. The van der Waals surface area contributed by atoms with Crippen LogP contribution in [0.25, 0.3) is 0 Å². The predicted octanol–water partition coefficient (Wildman–Crippen LogP) is 7.37. The van der Waals surface area contributed by atoms with Crippen LogP contribution in [0, 0.1) is 0 Å². The van der Waals surface area contributed by atoms with E-state index in [2.05, 4.69) is 31.4 Å². The first-order valence-corrected chi connectivity index (χ1v) is 12.8. The zero-order valence-corrected chi connectivity index (χ0v) is 23.0. The first kappa shape index (κ1) is 29.0. The van der Waals surface area contributed by atoms with E-state index in [1.54, 1.807) is 42.5 Å². The molecule has 0 bridgehead atoms. The van der Waals surface area contributed by atoms with Gasteiger partial charge >= 0.3 is 5.97 Å². The van der Waals surface area contributed by atoms with Crippen LogP contribution in [0.5, 0.6) is 11.5 Å². The zero-order chi connectivity index (χ0) is 27.7. The van der Waals surface area contributed by atoms with E-state index < -0.39 is 18.5 Å². The van der Waals surface area contributed by atoms with Gasteiger partial charge in [0.1, 0.15) is 11.5 Å². The molecule has 0 spiro atoms. The van der Waals surface area contributed by atoms with E-state index in [9.17, 15) is 14.4 Å². The summed E-state index contributed by atoms with van der Waals surface area (Å²) in [5.41, 5.74) is 2.24. The number of benzene rings is 3. The quantitative estimate of drug-likeness (QED) is 0.254. The molecule has 0 saturated carbocycles. The highest BCUT2D eigenvalue weighted by Gasteiger charge is 2.14. The number of rotatable bonds is 10. The Morgan fingerprint density at radius 3 is 2.05 bits per heavy atom. The third-order valence-electron chi connectivity index (χ3n) is 5.47. The van der Waals surface area contributed by atoms with Gasteiger partial charge in [-0.05, 0) is 65.9 Å². The highest BCUT2D eigenvalue weighted by atomic mass is 35.5. The van der Waals surface area contributed by atoms with Gasteiger partial charge in [0.05, 0.1) is 15.7 Å². The lowest BCUT2D eigenvalue weighted by molar-refractivity contribution is -0.147. The SMILES string of the molecule is CC(C)(C)c1ccc(Oc2ccc(NC(=O)CCCC(=O)OCC(=O)Nc3cccc(Cl)c3Cl)cc2)cc1. The normalized spacial score (nSPS) is 11.0. The van der Waals surface area contributed by atoms with Crippen LogP contribution in [0.4, 0.5) is 11.4 Å². The summed E-state index contributed by atoms with van der Waals surface area (Å²) in [4.78, 5) is 36.1. The second kappa shape index (κ2) is 13.3. The van der Waals surface area contributed by atoms with Crippen LogP contribution in [0.1, 0.15) is 45.6 Å². The van der Waals surface area contributed by atoms with E-state index >= 15 is 0 Å².